The molecule has 1 aromatic carbocycles. The van der Waals surface area contributed by atoms with Crippen molar-refractivity contribution in [2.75, 3.05) is 0 Å². The maximum atomic E-state index is 13.7. The number of thiophene rings is 1. The molecule has 0 aliphatic rings. The summed E-state index contributed by atoms with van der Waals surface area (Å²) in [6.45, 7) is 1.49. The standard InChI is InChI=1S/C12H9F2IOS/c1-6-2-3-8(11(14)10(6)13)12(16)7-4-9(15)17-5-7/h2-5,12,16H,1H3. The molecule has 2 aromatic rings. The fourth-order valence-corrected chi connectivity index (χ4v) is 2.91. The first-order valence-corrected chi connectivity index (χ1v) is 6.83. The molecule has 1 heterocycles. The van der Waals surface area contributed by atoms with Crippen LogP contribution in [0.1, 0.15) is 22.8 Å². The third kappa shape index (κ3) is 2.51. The Hall–Kier alpha value is -0.530. The van der Waals surface area contributed by atoms with E-state index in [1.807, 2.05) is 0 Å². The van der Waals surface area contributed by atoms with Crippen LogP contribution in [-0.2, 0) is 0 Å². The maximum Gasteiger partial charge on any atom is 0.165 e. The average molecular weight is 366 g/mol. The van der Waals surface area contributed by atoms with Crippen LogP contribution in [0.15, 0.2) is 23.6 Å². The molecule has 5 heteroatoms. The molecule has 0 saturated heterocycles. The van der Waals surface area contributed by atoms with Gasteiger partial charge < -0.3 is 5.11 Å². The van der Waals surface area contributed by atoms with Gasteiger partial charge in [0, 0.05) is 5.56 Å². The summed E-state index contributed by atoms with van der Waals surface area (Å²) in [7, 11) is 0. The van der Waals surface area contributed by atoms with E-state index in [1.165, 1.54) is 30.4 Å². The minimum Gasteiger partial charge on any atom is -0.384 e. The van der Waals surface area contributed by atoms with E-state index in [-0.39, 0.29) is 11.1 Å². The summed E-state index contributed by atoms with van der Waals surface area (Å²) >= 11 is 3.56. The maximum absolute atomic E-state index is 13.7. The third-order valence-electron chi connectivity index (χ3n) is 2.50. The predicted octanol–water partition coefficient (Wildman–Crippen LogP) is 4.02. The van der Waals surface area contributed by atoms with Gasteiger partial charge in [-0.3, -0.25) is 0 Å². The Kier molecular flexibility index (Phi) is 3.79. The number of rotatable bonds is 2. The highest BCUT2D eigenvalue weighted by Crippen LogP contribution is 2.30. The fourth-order valence-electron chi connectivity index (χ4n) is 1.52. The second kappa shape index (κ2) is 4.99. The van der Waals surface area contributed by atoms with Crippen molar-refractivity contribution in [2.24, 2.45) is 0 Å². The molecule has 0 saturated carbocycles. The zero-order chi connectivity index (χ0) is 12.6. The van der Waals surface area contributed by atoms with E-state index in [4.69, 9.17) is 0 Å². The minimum absolute atomic E-state index is 0.0256. The Bertz CT molecular complexity index is 553. The number of aryl methyl sites for hydroxylation is 1. The molecule has 2 rings (SSSR count). The highest BCUT2D eigenvalue weighted by molar-refractivity contribution is 14.1. The summed E-state index contributed by atoms with van der Waals surface area (Å²) in [6.07, 6.45) is -1.12. The first-order valence-electron chi connectivity index (χ1n) is 4.87. The molecule has 0 radical (unpaired) electrons. The van der Waals surface area contributed by atoms with Gasteiger partial charge in [0.2, 0.25) is 0 Å². The predicted molar refractivity (Wildman–Crippen MR) is 72.2 cm³/mol. The summed E-state index contributed by atoms with van der Waals surface area (Å²) in [6, 6.07) is 4.64. The van der Waals surface area contributed by atoms with E-state index in [1.54, 1.807) is 11.4 Å². The lowest BCUT2D eigenvalue weighted by atomic mass is 10.0. The summed E-state index contributed by atoms with van der Waals surface area (Å²) in [5, 5.41) is 11.7. The Morgan fingerprint density at radius 2 is 2.00 bits per heavy atom. The lowest BCUT2D eigenvalue weighted by Crippen LogP contribution is -2.04. The Labute approximate surface area is 115 Å². The fraction of sp³-hybridized carbons (Fsp3) is 0.167. The van der Waals surface area contributed by atoms with E-state index in [0.29, 0.717) is 5.56 Å². The van der Waals surface area contributed by atoms with E-state index in [9.17, 15) is 13.9 Å². The zero-order valence-corrected chi connectivity index (χ0v) is 11.9. The molecule has 1 aromatic heterocycles. The van der Waals surface area contributed by atoms with Crippen LogP contribution in [0.5, 0.6) is 0 Å². The van der Waals surface area contributed by atoms with Gasteiger partial charge in [0.1, 0.15) is 6.10 Å². The summed E-state index contributed by atoms with van der Waals surface area (Å²) < 4.78 is 28.0. The average Bonchev–Trinajstić information content (AvgIpc) is 2.72. The van der Waals surface area contributed by atoms with E-state index >= 15 is 0 Å². The highest BCUT2D eigenvalue weighted by atomic mass is 127. The van der Waals surface area contributed by atoms with Gasteiger partial charge in [-0.05, 0) is 52.1 Å². The van der Waals surface area contributed by atoms with Crippen LogP contribution in [-0.4, -0.2) is 5.11 Å². The Morgan fingerprint density at radius 3 is 2.59 bits per heavy atom. The van der Waals surface area contributed by atoms with E-state index in [2.05, 4.69) is 22.6 Å². The van der Waals surface area contributed by atoms with Gasteiger partial charge in [-0.1, -0.05) is 12.1 Å². The molecule has 1 unspecified atom stereocenters. The van der Waals surface area contributed by atoms with Gasteiger partial charge in [-0.25, -0.2) is 8.78 Å². The van der Waals surface area contributed by atoms with Crippen molar-refractivity contribution in [3.8, 4) is 0 Å². The van der Waals surface area contributed by atoms with Gasteiger partial charge in [0.15, 0.2) is 11.6 Å². The van der Waals surface area contributed by atoms with Crippen LogP contribution < -0.4 is 0 Å². The van der Waals surface area contributed by atoms with Crippen LogP contribution in [0, 0.1) is 21.4 Å². The summed E-state index contributed by atoms with van der Waals surface area (Å²) in [5.74, 6) is -1.87. The van der Waals surface area contributed by atoms with Crippen LogP contribution in [0.2, 0.25) is 0 Å². The molecule has 90 valence electrons. The van der Waals surface area contributed by atoms with Gasteiger partial charge in [-0.15, -0.1) is 11.3 Å². The second-order valence-corrected chi connectivity index (χ2v) is 6.49. The van der Waals surface area contributed by atoms with Crippen molar-refractivity contribution in [3.05, 3.63) is 54.8 Å². The second-order valence-electron chi connectivity index (χ2n) is 3.69. The molecule has 0 spiro atoms. The van der Waals surface area contributed by atoms with Crippen molar-refractivity contribution in [1.29, 1.82) is 0 Å². The van der Waals surface area contributed by atoms with Crippen LogP contribution in [0.3, 0.4) is 0 Å². The van der Waals surface area contributed by atoms with Gasteiger partial charge >= 0.3 is 0 Å². The Morgan fingerprint density at radius 1 is 1.29 bits per heavy atom. The monoisotopic (exact) mass is 366 g/mol. The quantitative estimate of drug-likeness (QED) is 0.797. The first kappa shape index (κ1) is 12.9. The van der Waals surface area contributed by atoms with Crippen molar-refractivity contribution in [1.82, 2.24) is 0 Å². The van der Waals surface area contributed by atoms with Gasteiger partial charge in [0.25, 0.3) is 0 Å². The summed E-state index contributed by atoms with van der Waals surface area (Å²) in [5.41, 5.74) is 0.794. The van der Waals surface area contributed by atoms with E-state index in [0.717, 1.165) is 2.88 Å². The molecular weight excluding hydrogens is 357 g/mol. The molecule has 0 amide bonds. The molecule has 0 bridgehead atoms. The zero-order valence-electron chi connectivity index (χ0n) is 8.88. The highest BCUT2D eigenvalue weighted by Gasteiger charge is 2.19. The lowest BCUT2D eigenvalue weighted by Gasteiger charge is -2.11. The minimum atomic E-state index is -1.12. The van der Waals surface area contributed by atoms with Crippen molar-refractivity contribution >= 4 is 33.9 Å². The molecule has 0 aliphatic heterocycles. The normalized spacial score (nSPS) is 12.8. The Balaban J connectivity index is 2.44. The number of hydrogen-bond donors (Lipinski definition) is 1. The molecule has 17 heavy (non-hydrogen) atoms. The number of halogens is 3. The van der Waals surface area contributed by atoms with E-state index < -0.39 is 17.7 Å². The largest absolute Gasteiger partial charge is 0.384 e. The summed E-state index contributed by atoms with van der Waals surface area (Å²) in [4.78, 5) is 0. The third-order valence-corrected chi connectivity index (χ3v) is 4.31. The van der Waals surface area contributed by atoms with Crippen molar-refractivity contribution in [3.63, 3.8) is 0 Å². The molecule has 0 aliphatic carbocycles. The smallest absolute Gasteiger partial charge is 0.165 e. The lowest BCUT2D eigenvalue weighted by molar-refractivity contribution is 0.213. The van der Waals surface area contributed by atoms with Crippen molar-refractivity contribution < 1.29 is 13.9 Å². The number of aliphatic hydroxyl groups is 1. The van der Waals surface area contributed by atoms with Gasteiger partial charge in [-0.2, -0.15) is 0 Å². The topological polar surface area (TPSA) is 20.2 Å². The first-order chi connectivity index (χ1) is 8.00. The molecule has 1 atom stereocenters. The molecule has 1 nitrogen and oxygen atoms in total. The van der Waals surface area contributed by atoms with Crippen LogP contribution in [0.4, 0.5) is 8.78 Å². The number of aliphatic hydroxyl groups excluding tert-OH is 1. The van der Waals surface area contributed by atoms with Crippen LogP contribution in [0.25, 0.3) is 0 Å². The number of hydrogen-bond acceptors (Lipinski definition) is 2. The molecular formula is C12H9F2IOS. The molecule has 1 N–H and O–H groups in total. The van der Waals surface area contributed by atoms with Crippen molar-refractivity contribution in [2.45, 2.75) is 13.0 Å². The van der Waals surface area contributed by atoms with Gasteiger partial charge in [0.05, 0.1) is 2.88 Å². The molecule has 0 fully saturated rings. The van der Waals surface area contributed by atoms with Crippen LogP contribution >= 0.6 is 33.9 Å². The number of benzene rings is 1. The SMILES string of the molecule is Cc1ccc(C(O)c2csc(I)c2)c(F)c1F.